The summed E-state index contributed by atoms with van der Waals surface area (Å²) in [5.41, 5.74) is 7.88. The Balaban J connectivity index is 1.15. The average molecular weight is 674 g/mol. The molecule has 10 rings (SSSR count). The van der Waals surface area contributed by atoms with Crippen molar-refractivity contribution in [3.8, 4) is 56.4 Å². The quantitative estimate of drug-likeness (QED) is 0.182. The lowest BCUT2D eigenvalue weighted by atomic mass is 9.99. The predicted octanol–water partition coefficient (Wildman–Crippen LogP) is 12.9. The summed E-state index contributed by atoms with van der Waals surface area (Å²) in [7, 11) is 0. The van der Waals surface area contributed by atoms with E-state index in [2.05, 4.69) is 127 Å². The van der Waals surface area contributed by atoms with Gasteiger partial charge in [-0.2, -0.15) is 0 Å². The Morgan fingerprint density at radius 3 is 1.38 bits per heavy atom. The minimum absolute atomic E-state index is 0.667. The lowest BCUT2D eigenvalue weighted by Crippen LogP contribution is -2.00. The van der Waals surface area contributed by atoms with Crippen molar-refractivity contribution >= 4 is 63.0 Å². The zero-order chi connectivity index (χ0) is 33.0. The van der Waals surface area contributed by atoms with E-state index in [0.717, 1.165) is 16.7 Å². The second-order valence-corrected chi connectivity index (χ2v) is 14.5. The van der Waals surface area contributed by atoms with Crippen LogP contribution in [0.3, 0.4) is 0 Å². The van der Waals surface area contributed by atoms with Crippen LogP contribution in [0.2, 0.25) is 0 Å². The van der Waals surface area contributed by atoms with E-state index < -0.39 is 0 Å². The van der Waals surface area contributed by atoms with Gasteiger partial charge in [-0.3, -0.25) is 0 Å². The lowest BCUT2D eigenvalue weighted by Gasteiger charge is -2.09. The van der Waals surface area contributed by atoms with Crippen LogP contribution in [-0.2, 0) is 0 Å². The summed E-state index contributed by atoms with van der Waals surface area (Å²) in [6.07, 6.45) is 0. The molecule has 0 unspecified atom stereocenters. The molecule has 0 N–H and O–H groups in total. The average Bonchev–Trinajstić information content (AvgIpc) is 3.76. The molecular formula is C45H27N3S2. The van der Waals surface area contributed by atoms with Crippen molar-refractivity contribution in [2.24, 2.45) is 0 Å². The Bertz CT molecular complexity index is 2800. The van der Waals surface area contributed by atoms with Crippen molar-refractivity contribution < 1.29 is 0 Å². The Labute approximate surface area is 296 Å². The molecule has 0 amide bonds. The fourth-order valence-electron chi connectivity index (χ4n) is 6.91. The van der Waals surface area contributed by atoms with Crippen LogP contribution in [0, 0.1) is 0 Å². The van der Waals surface area contributed by atoms with Crippen LogP contribution in [0.4, 0.5) is 0 Å². The van der Waals surface area contributed by atoms with E-state index in [1.807, 2.05) is 59.1 Å². The highest BCUT2D eigenvalue weighted by molar-refractivity contribution is 7.27. The standard InChI is InChI=1S/C45H27N3S2/c1-4-12-28(13-5-1)31-22-24-39-37(26-31)38-27-32(23-25-40(38)49-39)33-18-10-19-34-35-20-11-21-36(42(35)50-41(33)34)45-47-43(29-14-6-2-7-15-29)46-44(48-45)30-16-8-3-9-17-30/h1-27H. The number of hydrogen-bond acceptors (Lipinski definition) is 5. The summed E-state index contributed by atoms with van der Waals surface area (Å²) in [5, 5.41) is 5.05. The first kappa shape index (κ1) is 29.0. The third-order valence-corrected chi connectivity index (χ3v) is 11.8. The van der Waals surface area contributed by atoms with Gasteiger partial charge in [0.2, 0.25) is 0 Å². The predicted molar refractivity (Wildman–Crippen MR) is 213 cm³/mol. The summed E-state index contributed by atoms with van der Waals surface area (Å²) < 4.78 is 5.05. The molecule has 0 aliphatic carbocycles. The molecule has 3 heterocycles. The Morgan fingerprint density at radius 1 is 0.300 bits per heavy atom. The van der Waals surface area contributed by atoms with Crippen LogP contribution in [0.5, 0.6) is 0 Å². The van der Waals surface area contributed by atoms with Crippen molar-refractivity contribution in [2.45, 2.75) is 0 Å². The zero-order valence-corrected chi connectivity index (χ0v) is 28.4. The van der Waals surface area contributed by atoms with Crippen molar-refractivity contribution in [3.63, 3.8) is 0 Å². The third-order valence-electron chi connectivity index (χ3n) is 9.35. The van der Waals surface area contributed by atoms with Crippen molar-refractivity contribution in [1.29, 1.82) is 0 Å². The highest BCUT2D eigenvalue weighted by Gasteiger charge is 2.18. The number of aromatic nitrogens is 3. The maximum absolute atomic E-state index is 5.07. The molecule has 234 valence electrons. The number of hydrogen-bond donors (Lipinski definition) is 0. The van der Waals surface area contributed by atoms with Gasteiger partial charge in [-0.25, -0.2) is 15.0 Å². The van der Waals surface area contributed by atoms with Gasteiger partial charge >= 0.3 is 0 Å². The van der Waals surface area contributed by atoms with Gasteiger partial charge in [0.25, 0.3) is 0 Å². The largest absolute Gasteiger partial charge is 0.208 e. The number of fused-ring (bicyclic) bond motifs is 6. The zero-order valence-electron chi connectivity index (χ0n) is 26.7. The SMILES string of the molecule is c1ccc(-c2ccc3sc4ccc(-c5cccc6c5sc5c(-c7nc(-c8ccccc8)nc(-c8ccccc8)n7)cccc56)cc4c3c2)cc1. The van der Waals surface area contributed by atoms with E-state index in [1.165, 1.54) is 62.6 Å². The first-order chi connectivity index (χ1) is 24.8. The highest BCUT2D eigenvalue weighted by Crippen LogP contribution is 2.45. The van der Waals surface area contributed by atoms with Crippen LogP contribution in [-0.4, -0.2) is 15.0 Å². The van der Waals surface area contributed by atoms with Crippen LogP contribution >= 0.6 is 22.7 Å². The molecule has 3 nitrogen and oxygen atoms in total. The maximum atomic E-state index is 5.07. The molecular weight excluding hydrogens is 647 g/mol. The van der Waals surface area contributed by atoms with Gasteiger partial charge in [-0.1, -0.05) is 133 Å². The fourth-order valence-corrected chi connectivity index (χ4v) is 9.32. The van der Waals surface area contributed by atoms with Crippen molar-refractivity contribution in [2.75, 3.05) is 0 Å². The number of thiophene rings is 2. The maximum Gasteiger partial charge on any atom is 0.165 e. The van der Waals surface area contributed by atoms with Crippen LogP contribution in [0.15, 0.2) is 164 Å². The second-order valence-electron chi connectivity index (χ2n) is 12.4. The number of benzene rings is 7. The van der Waals surface area contributed by atoms with E-state index >= 15 is 0 Å². The Kier molecular flexibility index (Phi) is 6.86. The van der Waals surface area contributed by atoms with Gasteiger partial charge in [-0.15, -0.1) is 22.7 Å². The molecule has 0 atom stereocenters. The van der Waals surface area contributed by atoms with E-state index in [9.17, 15) is 0 Å². The summed E-state index contributed by atoms with van der Waals surface area (Å²) in [6.45, 7) is 0. The molecule has 0 spiro atoms. The smallest absolute Gasteiger partial charge is 0.165 e. The first-order valence-corrected chi connectivity index (χ1v) is 18.2. The van der Waals surface area contributed by atoms with E-state index in [0.29, 0.717) is 17.5 Å². The molecule has 0 fully saturated rings. The molecule has 5 heteroatoms. The molecule has 10 aromatic rings. The van der Waals surface area contributed by atoms with Crippen LogP contribution < -0.4 is 0 Å². The fraction of sp³-hybridized carbons (Fsp3) is 0. The molecule has 0 aliphatic rings. The monoisotopic (exact) mass is 673 g/mol. The van der Waals surface area contributed by atoms with E-state index in [-0.39, 0.29) is 0 Å². The van der Waals surface area contributed by atoms with Crippen LogP contribution in [0.25, 0.3) is 96.8 Å². The molecule has 0 radical (unpaired) electrons. The summed E-state index contributed by atoms with van der Waals surface area (Å²) in [5.74, 6) is 2.01. The van der Waals surface area contributed by atoms with E-state index in [1.54, 1.807) is 0 Å². The Hall–Kier alpha value is -6.01. The minimum Gasteiger partial charge on any atom is -0.208 e. The second kappa shape index (κ2) is 11.8. The highest BCUT2D eigenvalue weighted by atomic mass is 32.1. The normalized spacial score (nSPS) is 11.6. The molecule has 0 bridgehead atoms. The van der Waals surface area contributed by atoms with Gasteiger partial charge < -0.3 is 0 Å². The third kappa shape index (κ3) is 4.90. The number of nitrogens with zero attached hydrogens (tertiary/aromatic N) is 3. The van der Waals surface area contributed by atoms with Crippen LogP contribution in [0.1, 0.15) is 0 Å². The topological polar surface area (TPSA) is 38.7 Å². The minimum atomic E-state index is 0.667. The van der Waals surface area contributed by atoms with Gasteiger partial charge in [0.1, 0.15) is 0 Å². The van der Waals surface area contributed by atoms with Crippen molar-refractivity contribution in [1.82, 2.24) is 15.0 Å². The van der Waals surface area contributed by atoms with Gasteiger partial charge in [0, 0.05) is 57.0 Å². The number of rotatable bonds is 5. The molecule has 3 aromatic heterocycles. The molecule has 50 heavy (non-hydrogen) atoms. The molecule has 7 aromatic carbocycles. The summed E-state index contributed by atoms with van der Waals surface area (Å²) in [6, 6.07) is 57.9. The van der Waals surface area contributed by atoms with Gasteiger partial charge in [0.15, 0.2) is 17.5 Å². The molecule has 0 saturated heterocycles. The van der Waals surface area contributed by atoms with E-state index in [4.69, 9.17) is 15.0 Å². The summed E-state index contributed by atoms with van der Waals surface area (Å²) in [4.78, 5) is 15.1. The first-order valence-electron chi connectivity index (χ1n) is 16.6. The van der Waals surface area contributed by atoms with Gasteiger partial charge in [0.05, 0.1) is 0 Å². The Morgan fingerprint density at radius 2 is 0.780 bits per heavy atom. The molecule has 0 aliphatic heterocycles. The lowest BCUT2D eigenvalue weighted by molar-refractivity contribution is 1.08. The van der Waals surface area contributed by atoms with Crippen molar-refractivity contribution in [3.05, 3.63) is 164 Å². The van der Waals surface area contributed by atoms with Gasteiger partial charge in [-0.05, 0) is 52.6 Å². The molecule has 0 saturated carbocycles. The summed E-state index contributed by atoms with van der Waals surface area (Å²) >= 11 is 3.68.